The number of nitrogens with one attached hydrogen (secondary N) is 1. The number of likely N-dealkylation sites (tertiary alicyclic amines) is 1. The van der Waals surface area contributed by atoms with Crippen molar-refractivity contribution in [1.82, 2.24) is 29.9 Å². The Bertz CT molecular complexity index is 1320. The van der Waals surface area contributed by atoms with Crippen LogP contribution in [0.5, 0.6) is 11.6 Å². The standard InChI is InChI=1S/C22H22FN7O2/c1-29-10-2-3-15(12-29)30-20-18(21(24)26-27-22(20)31)19(28-30)13-4-7-16(8-5-13)32-17-9-6-14(23)11-25-17/h4-9,11,15H,2-3,10,12H2,1H3,(H2,24,26)(H,27,31). The summed E-state index contributed by atoms with van der Waals surface area (Å²) in [5, 5.41) is 11.8. The fourth-order valence-corrected chi connectivity index (χ4v) is 4.14. The molecule has 9 nitrogen and oxygen atoms in total. The topological polar surface area (TPSA) is 115 Å². The Morgan fingerprint density at radius 1 is 1.22 bits per heavy atom. The second kappa shape index (κ2) is 8.04. The lowest BCUT2D eigenvalue weighted by Gasteiger charge is -2.30. The maximum absolute atomic E-state index is 13.0. The van der Waals surface area contributed by atoms with Crippen LogP contribution >= 0.6 is 0 Å². The van der Waals surface area contributed by atoms with Crippen molar-refractivity contribution in [2.24, 2.45) is 0 Å². The van der Waals surface area contributed by atoms with Crippen molar-refractivity contribution in [1.29, 1.82) is 0 Å². The van der Waals surface area contributed by atoms with E-state index in [4.69, 9.17) is 15.6 Å². The van der Waals surface area contributed by atoms with E-state index >= 15 is 0 Å². The third kappa shape index (κ3) is 3.69. The molecule has 1 aliphatic rings. The van der Waals surface area contributed by atoms with Crippen LogP contribution in [0, 0.1) is 5.82 Å². The molecule has 3 N–H and O–H groups in total. The number of hydrogen-bond donors (Lipinski definition) is 2. The molecule has 0 amide bonds. The Kier molecular flexibility index (Phi) is 5.06. The summed E-state index contributed by atoms with van der Waals surface area (Å²) < 4.78 is 20.5. The van der Waals surface area contributed by atoms with Crippen LogP contribution in [-0.4, -0.2) is 50.0 Å². The lowest BCUT2D eigenvalue weighted by atomic mass is 10.1. The predicted molar refractivity (Wildman–Crippen MR) is 118 cm³/mol. The van der Waals surface area contributed by atoms with Crippen LogP contribution in [0.4, 0.5) is 10.2 Å². The first-order chi connectivity index (χ1) is 15.5. The summed E-state index contributed by atoms with van der Waals surface area (Å²) in [6.45, 7) is 1.82. The molecule has 164 valence electrons. The number of piperidine rings is 1. The second-order valence-corrected chi connectivity index (χ2v) is 7.95. The maximum Gasteiger partial charge on any atom is 0.290 e. The van der Waals surface area contributed by atoms with E-state index in [1.54, 1.807) is 16.8 Å². The molecule has 0 saturated carbocycles. The van der Waals surface area contributed by atoms with Crippen LogP contribution in [0.25, 0.3) is 22.2 Å². The molecule has 1 atom stereocenters. The monoisotopic (exact) mass is 435 g/mol. The van der Waals surface area contributed by atoms with E-state index < -0.39 is 5.82 Å². The molecule has 0 radical (unpaired) electrons. The third-order valence-corrected chi connectivity index (χ3v) is 5.66. The SMILES string of the molecule is CN1CCCC(n2nc(-c3ccc(Oc4ccc(F)cn4)cc3)c3c(N)n[nH]c(=O)c32)C1. The third-order valence-electron chi connectivity index (χ3n) is 5.66. The van der Waals surface area contributed by atoms with Gasteiger partial charge in [0.1, 0.15) is 22.8 Å². The number of fused-ring (bicyclic) bond motifs is 1. The first-order valence-electron chi connectivity index (χ1n) is 10.3. The second-order valence-electron chi connectivity index (χ2n) is 7.95. The number of anilines is 1. The number of H-pyrrole nitrogens is 1. The van der Waals surface area contributed by atoms with Gasteiger partial charge in [0.25, 0.3) is 5.56 Å². The molecule has 0 spiro atoms. The number of nitrogen functional groups attached to an aromatic ring is 1. The molecule has 1 aliphatic heterocycles. The van der Waals surface area contributed by atoms with Crippen molar-refractivity contribution >= 4 is 16.7 Å². The van der Waals surface area contributed by atoms with E-state index in [-0.39, 0.29) is 23.3 Å². The van der Waals surface area contributed by atoms with Crippen LogP contribution < -0.4 is 16.0 Å². The summed E-state index contributed by atoms with van der Waals surface area (Å²) in [7, 11) is 2.06. The molecule has 5 rings (SSSR count). The molecule has 1 fully saturated rings. The Hall–Kier alpha value is -3.79. The van der Waals surface area contributed by atoms with Crippen molar-refractivity contribution in [3.05, 3.63) is 58.8 Å². The van der Waals surface area contributed by atoms with Crippen LogP contribution in [0.15, 0.2) is 47.4 Å². The van der Waals surface area contributed by atoms with E-state index in [1.807, 2.05) is 12.1 Å². The minimum Gasteiger partial charge on any atom is -0.439 e. The highest BCUT2D eigenvalue weighted by Gasteiger charge is 2.26. The van der Waals surface area contributed by atoms with Crippen molar-refractivity contribution in [2.75, 3.05) is 25.9 Å². The molecule has 32 heavy (non-hydrogen) atoms. The molecule has 3 aromatic heterocycles. The minimum absolute atomic E-state index is 0.0695. The number of rotatable bonds is 4. The number of pyridine rings is 1. The van der Waals surface area contributed by atoms with E-state index in [9.17, 15) is 9.18 Å². The van der Waals surface area contributed by atoms with Gasteiger partial charge in [0.2, 0.25) is 5.88 Å². The fraction of sp³-hybridized carbons (Fsp3) is 0.273. The molecule has 1 saturated heterocycles. The molecule has 4 aromatic rings. The van der Waals surface area contributed by atoms with Crippen molar-refractivity contribution in [3.63, 3.8) is 0 Å². The predicted octanol–water partition coefficient (Wildman–Crippen LogP) is 2.96. The zero-order valence-corrected chi connectivity index (χ0v) is 17.5. The Morgan fingerprint density at radius 2 is 2.03 bits per heavy atom. The van der Waals surface area contributed by atoms with E-state index in [0.717, 1.165) is 37.7 Å². The van der Waals surface area contributed by atoms with Crippen LogP contribution in [-0.2, 0) is 0 Å². The molecule has 4 heterocycles. The summed E-state index contributed by atoms with van der Waals surface area (Å²) in [6.07, 6.45) is 3.05. The van der Waals surface area contributed by atoms with Crippen LogP contribution in [0.1, 0.15) is 18.9 Å². The van der Waals surface area contributed by atoms with Gasteiger partial charge in [-0.1, -0.05) is 0 Å². The van der Waals surface area contributed by atoms with Gasteiger partial charge in [0, 0.05) is 18.2 Å². The first-order valence-corrected chi connectivity index (χ1v) is 10.3. The number of aromatic nitrogens is 5. The average molecular weight is 435 g/mol. The molecule has 1 aromatic carbocycles. The number of nitrogens with two attached hydrogens (primary N) is 1. The lowest BCUT2D eigenvalue weighted by Crippen LogP contribution is -2.34. The highest BCUT2D eigenvalue weighted by Crippen LogP contribution is 2.34. The summed E-state index contributed by atoms with van der Waals surface area (Å²) in [5.74, 6) is 0.617. The minimum atomic E-state index is -0.430. The molecule has 10 heteroatoms. The maximum atomic E-state index is 13.0. The first kappa shape index (κ1) is 20.1. The Labute approximate surface area is 182 Å². The molecular weight excluding hydrogens is 413 g/mol. The number of likely N-dealkylation sites (N-methyl/N-ethyl adjacent to an activating group) is 1. The largest absolute Gasteiger partial charge is 0.439 e. The number of benzene rings is 1. The van der Waals surface area contributed by atoms with Gasteiger partial charge in [0.15, 0.2) is 5.82 Å². The van der Waals surface area contributed by atoms with Gasteiger partial charge >= 0.3 is 0 Å². The highest BCUT2D eigenvalue weighted by atomic mass is 19.1. The van der Waals surface area contributed by atoms with Gasteiger partial charge in [-0.25, -0.2) is 14.5 Å². The van der Waals surface area contributed by atoms with Crippen LogP contribution in [0.3, 0.4) is 0 Å². The van der Waals surface area contributed by atoms with Gasteiger partial charge in [-0.05, 0) is 56.8 Å². The number of hydrogen-bond acceptors (Lipinski definition) is 7. The highest BCUT2D eigenvalue weighted by molar-refractivity contribution is 5.99. The van der Waals surface area contributed by atoms with Gasteiger partial charge in [-0.3, -0.25) is 9.48 Å². The normalized spacial score (nSPS) is 17.0. The summed E-state index contributed by atoms with van der Waals surface area (Å²) in [5.41, 5.74) is 7.65. The molecule has 1 unspecified atom stereocenters. The Morgan fingerprint density at radius 3 is 2.75 bits per heavy atom. The Balaban J connectivity index is 1.54. The molecule has 0 bridgehead atoms. The number of ether oxygens (including phenoxy) is 1. The average Bonchev–Trinajstić information content (AvgIpc) is 3.21. The van der Waals surface area contributed by atoms with Crippen LogP contribution in [0.2, 0.25) is 0 Å². The zero-order valence-electron chi connectivity index (χ0n) is 17.5. The van der Waals surface area contributed by atoms with Gasteiger partial charge in [-0.2, -0.15) is 10.2 Å². The van der Waals surface area contributed by atoms with Crippen molar-refractivity contribution < 1.29 is 9.13 Å². The fourth-order valence-electron chi connectivity index (χ4n) is 4.14. The summed E-state index contributed by atoms with van der Waals surface area (Å²) >= 11 is 0. The number of aromatic amines is 1. The zero-order chi connectivity index (χ0) is 22.2. The summed E-state index contributed by atoms with van der Waals surface area (Å²) in [6, 6.07) is 9.99. The van der Waals surface area contributed by atoms with Crippen molar-refractivity contribution in [2.45, 2.75) is 18.9 Å². The molecular formula is C22H22FN7O2. The molecule has 0 aliphatic carbocycles. The number of halogens is 1. The van der Waals surface area contributed by atoms with Crippen molar-refractivity contribution in [3.8, 4) is 22.9 Å². The van der Waals surface area contributed by atoms with Gasteiger partial charge in [-0.15, -0.1) is 0 Å². The van der Waals surface area contributed by atoms with Gasteiger partial charge < -0.3 is 15.4 Å². The summed E-state index contributed by atoms with van der Waals surface area (Å²) in [4.78, 5) is 18.8. The van der Waals surface area contributed by atoms with E-state index in [0.29, 0.717) is 22.3 Å². The number of nitrogens with zero attached hydrogens (tertiary/aromatic N) is 5. The quantitative estimate of drug-likeness (QED) is 0.506. The van der Waals surface area contributed by atoms with E-state index in [1.165, 1.54) is 12.1 Å². The lowest BCUT2D eigenvalue weighted by molar-refractivity contribution is 0.206. The van der Waals surface area contributed by atoms with Gasteiger partial charge in [0.05, 0.1) is 17.6 Å². The van der Waals surface area contributed by atoms with E-state index in [2.05, 4.69) is 27.1 Å². The smallest absolute Gasteiger partial charge is 0.290 e.